The van der Waals surface area contributed by atoms with Crippen molar-refractivity contribution < 1.29 is 19.4 Å². The molecule has 2 heterocycles. The molecule has 17 heavy (non-hydrogen) atoms. The fraction of sp³-hybridized carbons (Fsp3) is 0.364. The van der Waals surface area contributed by atoms with Crippen molar-refractivity contribution in [3.05, 3.63) is 24.4 Å². The van der Waals surface area contributed by atoms with E-state index in [1.165, 1.54) is 0 Å². The molecule has 90 valence electrons. The van der Waals surface area contributed by atoms with Crippen LogP contribution in [0.2, 0.25) is 0 Å². The van der Waals surface area contributed by atoms with Gasteiger partial charge >= 0.3 is 5.97 Å². The Labute approximate surface area is 97.6 Å². The number of aromatic nitrogens is 1. The Morgan fingerprint density at radius 3 is 2.71 bits per heavy atom. The van der Waals surface area contributed by atoms with E-state index in [1.54, 1.807) is 24.4 Å². The van der Waals surface area contributed by atoms with Crippen LogP contribution in [0.4, 0.5) is 5.82 Å². The summed E-state index contributed by atoms with van der Waals surface area (Å²) in [5, 5.41) is 11.3. The molecule has 0 aliphatic carbocycles. The molecule has 1 fully saturated rings. The van der Waals surface area contributed by atoms with Crippen molar-refractivity contribution >= 4 is 17.7 Å². The van der Waals surface area contributed by atoms with Crippen molar-refractivity contribution in [2.75, 3.05) is 5.32 Å². The zero-order valence-corrected chi connectivity index (χ0v) is 9.00. The molecule has 0 aromatic carbocycles. The molecular formula is C11H12N2O4. The number of carbonyl (C=O) groups excluding carboxylic acids is 1. The van der Waals surface area contributed by atoms with Crippen LogP contribution in [-0.2, 0) is 14.3 Å². The Morgan fingerprint density at radius 1 is 1.35 bits per heavy atom. The molecule has 0 radical (unpaired) electrons. The van der Waals surface area contributed by atoms with Crippen molar-refractivity contribution in [1.29, 1.82) is 0 Å². The van der Waals surface area contributed by atoms with Gasteiger partial charge in [-0.05, 0) is 25.0 Å². The summed E-state index contributed by atoms with van der Waals surface area (Å²) in [7, 11) is 0. The Morgan fingerprint density at radius 2 is 2.12 bits per heavy atom. The summed E-state index contributed by atoms with van der Waals surface area (Å²) in [6, 6.07) is 5.14. The summed E-state index contributed by atoms with van der Waals surface area (Å²) >= 11 is 0. The number of hydrogen-bond donors (Lipinski definition) is 2. The standard InChI is InChI=1S/C11H12N2O4/c14-10(13-9-3-1-2-6-12-9)7-4-5-8(17-7)11(15)16/h1-3,6-8H,4-5H2,(H,15,16)(H,12,13,14)/t7-,8+/m0/s1. The average Bonchev–Trinajstić information content (AvgIpc) is 2.79. The molecule has 1 aromatic heterocycles. The van der Waals surface area contributed by atoms with E-state index in [9.17, 15) is 9.59 Å². The van der Waals surface area contributed by atoms with Gasteiger partial charge < -0.3 is 15.2 Å². The Hall–Kier alpha value is -1.95. The predicted octanol–water partition coefficient (Wildman–Crippen LogP) is 0.652. The van der Waals surface area contributed by atoms with Crippen molar-refractivity contribution in [2.24, 2.45) is 0 Å². The number of nitrogens with one attached hydrogen (secondary N) is 1. The fourth-order valence-corrected chi connectivity index (χ4v) is 1.66. The number of pyridine rings is 1. The number of aliphatic carboxylic acids is 1. The van der Waals surface area contributed by atoms with Crippen LogP contribution in [0.15, 0.2) is 24.4 Å². The van der Waals surface area contributed by atoms with Crippen LogP contribution in [0.3, 0.4) is 0 Å². The van der Waals surface area contributed by atoms with Gasteiger partial charge in [-0.3, -0.25) is 4.79 Å². The number of carboxylic acids is 1. The summed E-state index contributed by atoms with van der Waals surface area (Å²) in [6.07, 6.45) is 0.740. The highest BCUT2D eigenvalue weighted by Gasteiger charge is 2.34. The Balaban J connectivity index is 1.92. The lowest BCUT2D eigenvalue weighted by atomic mass is 10.2. The number of anilines is 1. The third kappa shape index (κ3) is 2.79. The molecule has 1 aromatic rings. The molecule has 6 heteroatoms. The highest BCUT2D eigenvalue weighted by atomic mass is 16.5. The van der Waals surface area contributed by atoms with Gasteiger partial charge in [0.25, 0.3) is 5.91 Å². The average molecular weight is 236 g/mol. The minimum Gasteiger partial charge on any atom is -0.479 e. The second kappa shape index (κ2) is 4.92. The summed E-state index contributed by atoms with van der Waals surface area (Å²) < 4.78 is 5.12. The molecule has 1 aliphatic rings. The number of rotatable bonds is 3. The maximum atomic E-state index is 11.7. The van der Waals surface area contributed by atoms with Gasteiger partial charge in [-0.15, -0.1) is 0 Å². The Bertz CT molecular complexity index is 421. The molecule has 1 aliphatic heterocycles. The molecule has 2 N–H and O–H groups in total. The predicted molar refractivity (Wildman–Crippen MR) is 58.4 cm³/mol. The lowest BCUT2D eigenvalue weighted by molar-refractivity contribution is -0.150. The lowest BCUT2D eigenvalue weighted by Crippen LogP contribution is -2.30. The molecule has 0 saturated carbocycles. The van der Waals surface area contributed by atoms with Gasteiger partial charge in [0.2, 0.25) is 0 Å². The van der Waals surface area contributed by atoms with Crippen LogP contribution < -0.4 is 5.32 Å². The zero-order chi connectivity index (χ0) is 12.3. The SMILES string of the molecule is O=C(Nc1ccccn1)[C@@H]1CC[C@H](C(=O)O)O1. The van der Waals surface area contributed by atoms with E-state index in [2.05, 4.69) is 10.3 Å². The van der Waals surface area contributed by atoms with Gasteiger partial charge in [0, 0.05) is 6.20 Å². The summed E-state index contributed by atoms with van der Waals surface area (Å²) in [5.41, 5.74) is 0. The van der Waals surface area contributed by atoms with Gasteiger partial charge in [0.15, 0.2) is 6.10 Å². The minimum atomic E-state index is -1.03. The van der Waals surface area contributed by atoms with Gasteiger partial charge in [0.1, 0.15) is 11.9 Å². The first-order chi connectivity index (χ1) is 8.16. The number of carbonyl (C=O) groups is 2. The quantitative estimate of drug-likeness (QED) is 0.804. The first-order valence-corrected chi connectivity index (χ1v) is 5.27. The van der Waals surface area contributed by atoms with Crippen LogP contribution in [0, 0.1) is 0 Å². The first-order valence-electron chi connectivity index (χ1n) is 5.27. The molecule has 2 atom stereocenters. The largest absolute Gasteiger partial charge is 0.479 e. The van der Waals surface area contributed by atoms with Gasteiger partial charge in [-0.2, -0.15) is 0 Å². The second-order valence-corrected chi connectivity index (χ2v) is 3.73. The third-order valence-electron chi connectivity index (χ3n) is 2.50. The number of nitrogens with zero attached hydrogens (tertiary/aromatic N) is 1. The van der Waals surface area contributed by atoms with Crippen molar-refractivity contribution in [3.63, 3.8) is 0 Å². The summed E-state index contributed by atoms with van der Waals surface area (Å²) in [5.74, 6) is -0.953. The normalized spacial score (nSPS) is 23.3. The molecule has 0 bridgehead atoms. The van der Waals surface area contributed by atoms with E-state index in [-0.39, 0.29) is 5.91 Å². The number of amides is 1. The van der Waals surface area contributed by atoms with Crippen molar-refractivity contribution in [3.8, 4) is 0 Å². The zero-order valence-electron chi connectivity index (χ0n) is 9.00. The summed E-state index contributed by atoms with van der Waals surface area (Å²) in [6.45, 7) is 0. The third-order valence-corrected chi connectivity index (χ3v) is 2.50. The van der Waals surface area contributed by atoms with E-state index in [0.29, 0.717) is 18.7 Å². The fourth-order valence-electron chi connectivity index (χ4n) is 1.66. The van der Waals surface area contributed by atoms with E-state index < -0.39 is 18.2 Å². The van der Waals surface area contributed by atoms with Crippen molar-refractivity contribution in [1.82, 2.24) is 4.98 Å². The molecule has 2 rings (SSSR count). The summed E-state index contributed by atoms with van der Waals surface area (Å²) in [4.78, 5) is 26.3. The topological polar surface area (TPSA) is 88.5 Å². The number of carboxylic acid groups (broad SMARTS) is 1. The van der Waals surface area contributed by atoms with Crippen LogP contribution >= 0.6 is 0 Å². The van der Waals surface area contributed by atoms with Crippen LogP contribution in [0.5, 0.6) is 0 Å². The van der Waals surface area contributed by atoms with Crippen LogP contribution in [-0.4, -0.2) is 34.2 Å². The van der Waals surface area contributed by atoms with E-state index in [4.69, 9.17) is 9.84 Å². The van der Waals surface area contributed by atoms with Gasteiger partial charge in [0.05, 0.1) is 0 Å². The highest BCUT2D eigenvalue weighted by Crippen LogP contribution is 2.20. The molecule has 0 unspecified atom stereocenters. The van der Waals surface area contributed by atoms with Gasteiger partial charge in [-0.25, -0.2) is 9.78 Å². The smallest absolute Gasteiger partial charge is 0.332 e. The minimum absolute atomic E-state index is 0.354. The molecular weight excluding hydrogens is 224 g/mol. The van der Waals surface area contributed by atoms with Gasteiger partial charge in [-0.1, -0.05) is 6.07 Å². The number of ether oxygens (including phenoxy) is 1. The van der Waals surface area contributed by atoms with E-state index >= 15 is 0 Å². The monoisotopic (exact) mass is 236 g/mol. The maximum Gasteiger partial charge on any atom is 0.332 e. The molecule has 1 amide bonds. The molecule has 6 nitrogen and oxygen atoms in total. The van der Waals surface area contributed by atoms with E-state index in [0.717, 1.165) is 0 Å². The van der Waals surface area contributed by atoms with Crippen LogP contribution in [0.25, 0.3) is 0 Å². The first kappa shape index (κ1) is 11.5. The molecule has 1 saturated heterocycles. The van der Waals surface area contributed by atoms with Crippen LogP contribution in [0.1, 0.15) is 12.8 Å². The lowest BCUT2D eigenvalue weighted by Gasteiger charge is -2.10. The highest BCUT2D eigenvalue weighted by molar-refractivity contribution is 5.93. The van der Waals surface area contributed by atoms with Crippen molar-refractivity contribution in [2.45, 2.75) is 25.0 Å². The van der Waals surface area contributed by atoms with E-state index in [1.807, 2.05) is 0 Å². The second-order valence-electron chi connectivity index (χ2n) is 3.73. The number of hydrogen-bond acceptors (Lipinski definition) is 4. The molecule has 0 spiro atoms. The Kier molecular flexibility index (Phi) is 3.34. The maximum absolute atomic E-state index is 11.7.